The number of imidazole rings is 1. The lowest BCUT2D eigenvalue weighted by atomic mass is 10.3. The highest BCUT2D eigenvalue weighted by atomic mass is 32.1. The first-order chi connectivity index (χ1) is 6.16. The molecule has 0 fully saturated rings. The monoisotopic (exact) mass is 194 g/mol. The van der Waals surface area contributed by atoms with Gasteiger partial charge in [-0.25, -0.2) is 0 Å². The fourth-order valence-corrected chi connectivity index (χ4v) is 1.84. The van der Waals surface area contributed by atoms with Crippen molar-refractivity contribution in [2.45, 2.75) is 13.8 Å². The molecule has 2 aromatic heterocycles. The van der Waals surface area contributed by atoms with Crippen molar-refractivity contribution >= 4 is 11.3 Å². The molecule has 13 heavy (non-hydrogen) atoms. The summed E-state index contributed by atoms with van der Waals surface area (Å²) in [5, 5.41) is 11.3. The molecule has 0 aliphatic carbocycles. The molecule has 0 saturated carbocycles. The Morgan fingerprint density at radius 1 is 1.46 bits per heavy atom. The standard InChI is InChI=1S/C9H10N2OS/c1-5-3-7(4-13-5)8-10-6(2)9(12)11-8/h3-4,12H,1-2H3,(H,10,11). The highest BCUT2D eigenvalue weighted by Crippen LogP contribution is 2.25. The zero-order valence-electron chi connectivity index (χ0n) is 7.46. The number of hydrogen-bond donors (Lipinski definition) is 2. The Morgan fingerprint density at radius 2 is 2.23 bits per heavy atom. The van der Waals surface area contributed by atoms with Gasteiger partial charge in [0.1, 0.15) is 5.82 Å². The van der Waals surface area contributed by atoms with Crippen LogP contribution in [0.5, 0.6) is 5.88 Å². The van der Waals surface area contributed by atoms with Crippen molar-refractivity contribution in [3.05, 3.63) is 22.0 Å². The molecule has 0 aliphatic heterocycles. The van der Waals surface area contributed by atoms with Crippen LogP contribution in [0.25, 0.3) is 11.4 Å². The van der Waals surface area contributed by atoms with E-state index in [0.717, 1.165) is 11.4 Å². The second-order valence-corrected chi connectivity index (χ2v) is 4.10. The van der Waals surface area contributed by atoms with Crippen LogP contribution >= 0.6 is 11.3 Å². The minimum Gasteiger partial charge on any atom is -0.492 e. The number of aromatic nitrogens is 2. The highest BCUT2D eigenvalue weighted by molar-refractivity contribution is 7.10. The van der Waals surface area contributed by atoms with E-state index in [-0.39, 0.29) is 5.88 Å². The van der Waals surface area contributed by atoms with Crippen LogP contribution in [-0.2, 0) is 0 Å². The fourth-order valence-electron chi connectivity index (χ4n) is 1.16. The zero-order chi connectivity index (χ0) is 9.42. The summed E-state index contributed by atoms with van der Waals surface area (Å²) in [6.45, 7) is 3.84. The van der Waals surface area contributed by atoms with E-state index in [1.54, 1.807) is 18.3 Å². The lowest BCUT2D eigenvalue weighted by molar-refractivity contribution is 0.452. The minimum atomic E-state index is 0.0823. The van der Waals surface area contributed by atoms with Crippen LogP contribution < -0.4 is 0 Å². The Balaban J connectivity index is 2.46. The number of rotatable bonds is 1. The van der Waals surface area contributed by atoms with E-state index in [0.29, 0.717) is 5.69 Å². The van der Waals surface area contributed by atoms with Gasteiger partial charge in [-0.2, -0.15) is 4.98 Å². The Bertz CT molecular complexity index is 411. The Hall–Kier alpha value is -1.29. The number of aromatic amines is 1. The van der Waals surface area contributed by atoms with Gasteiger partial charge in [-0.15, -0.1) is 11.3 Å². The van der Waals surface area contributed by atoms with Crippen LogP contribution in [0.2, 0.25) is 0 Å². The summed E-state index contributed by atoms with van der Waals surface area (Å²) >= 11 is 1.67. The van der Waals surface area contributed by atoms with E-state index >= 15 is 0 Å². The van der Waals surface area contributed by atoms with Gasteiger partial charge >= 0.3 is 0 Å². The van der Waals surface area contributed by atoms with Crippen molar-refractivity contribution in [3.8, 4) is 17.3 Å². The molecule has 4 heteroatoms. The van der Waals surface area contributed by atoms with E-state index in [1.807, 2.05) is 18.4 Å². The van der Waals surface area contributed by atoms with Crippen LogP contribution in [0.15, 0.2) is 11.4 Å². The van der Waals surface area contributed by atoms with Crippen molar-refractivity contribution in [3.63, 3.8) is 0 Å². The summed E-state index contributed by atoms with van der Waals surface area (Å²) < 4.78 is 0. The number of nitrogens with zero attached hydrogens (tertiary/aromatic N) is 1. The number of aryl methyl sites for hydroxylation is 2. The van der Waals surface area contributed by atoms with Gasteiger partial charge in [0.25, 0.3) is 0 Å². The van der Waals surface area contributed by atoms with Gasteiger partial charge in [-0.1, -0.05) is 0 Å². The van der Waals surface area contributed by atoms with Crippen molar-refractivity contribution in [1.82, 2.24) is 9.97 Å². The molecule has 0 aromatic carbocycles. The average Bonchev–Trinajstić information content (AvgIpc) is 2.61. The summed E-state index contributed by atoms with van der Waals surface area (Å²) in [5.41, 5.74) is 1.74. The first-order valence-corrected chi connectivity index (χ1v) is 4.86. The molecular weight excluding hydrogens is 184 g/mol. The van der Waals surface area contributed by atoms with Crippen molar-refractivity contribution in [2.75, 3.05) is 0 Å². The van der Waals surface area contributed by atoms with Crippen molar-refractivity contribution in [1.29, 1.82) is 0 Å². The van der Waals surface area contributed by atoms with Gasteiger partial charge in [0, 0.05) is 15.8 Å². The van der Waals surface area contributed by atoms with Gasteiger partial charge in [0.15, 0.2) is 0 Å². The largest absolute Gasteiger partial charge is 0.492 e. The molecule has 0 spiro atoms. The highest BCUT2D eigenvalue weighted by Gasteiger charge is 2.07. The summed E-state index contributed by atoms with van der Waals surface area (Å²) in [7, 11) is 0. The molecule has 2 aromatic rings. The van der Waals surface area contributed by atoms with Gasteiger partial charge in [-0.05, 0) is 19.9 Å². The molecule has 0 radical (unpaired) electrons. The lowest BCUT2D eigenvalue weighted by Crippen LogP contribution is -1.75. The third kappa shape index (κ3) is 1.45. The van der Waals surface area contributed by atoms with Crippen LogP contribution in [0, 0.1) is 13.8 Å². The molecule has 0 atom stereocenters. The van der Waals surface area contributed by atoms with Crippen LogP contribution in [0.4, 0.5) is 0 Å². The molecule has 3 nitrogen and oxygen atoms in total. The van der Waals surface area contributed by atoms with Gasteiger partial charge in [0.05, 0.1) is 5.69 Å². The third-order valence-electron chi connectivity index (χ3n) is 1.86. The topological polar surface area (TPSA) is 48.9 Å². The third-order valence-corrected chi connectivity index (χ3v) is 2.72. The second-order valence-electron chi connectivity index (χ2n) is 2.98. The second kappa shape index (κ2) is 2.88. The minimum absolute atomic E-state index is 0.0823. The summed E-state index contributed by atoms with van der Waals surface area (Å²) in [6.07, 6.45) is 0. The number of nitrogens with one attached hydrogen (secondary N) is 1. The Morgan fingerprint density at radius 3 is 2.69 bits per heavy atom. The van der Waals surface area contributed by atoms with Gasteiger partial charge < -0.3 is 10.1 Å². The van der Waals surface area contributed by atoms with E-state index < -0.39 is 0 Å². The number of hydrogen-bond acceptors (Lipinski definition) is 3. The van der Waals surface area contributed by atoms with Crippen molar-refractivity contribution < 1.29 is 5.11 Å². The number of thiophene rings is 1. The number of aromatic hydroxyl groups is 1. The van der Waals surface area contributed by atoms with Crippen molar-refractivity contribution in [2.24, 2.45) is 0 Å². The van der Waals surface area contributed by atoms with Crippen LogP contribution in [-0.4, -0.2) is 15.1 Å². The first-order valence-electron chi connectivity index (χ1n) is 3.98. The molecule has 0 bridgehead atoms. The lowest BCUT2D eigenvalue weighted by Gasteiger charge is -1.86. The van der Waals surface area contributed by atoms with Crippen LogP contribution in [0.3, 0.4) is 0 Å². The summed E-state index contributed by atoms with van der Waals surface area (Å²) in [4.78, 5) is 8.26. The van der Waals surface area contributed by atoms with E-state index in [4.69, 9.17) is 0 Å². The first kappa shape index (κ1) is 8.31. The van der Waals surface area contributed by atoms with E-state index in [1.165, 1.54) is 4.88 Å². The molecule has 0 aliphatic rings. The molecule has 68 valence electrons. The average molecular weight is 194 g/mol. The molecule has 0 saturated heterocycles. The number of H-pyrrole nitrogens is 1. The summed E-state index contributed by atoms with van der Waals surface area (Å²) in [6, 6.07) is 2.04. The van der Waals surface area contributed by atoms with E-state index in [2.05, 4.69) is 9.97 Å². The van der Waals surface area contributed by atoms with Gasteiger partial charge in [0.2, 0.25) is 5.88 Å². The predicted octanol–water partition coefficient (Wildman–Crippen LogP) is 2.46. The molecule has 2 N–H and O–H groups in total. The molecule has 0 amide bonds. The van der Waals surface area contributed by atoms with Crippen LogP contribution in [0.1, 0.15) is 10.6 Å². The maximum Gasteiger partial charge on any atom is 0.232 e. The molecular formula is C9H10N2OS. The fraction of sp³-hybridized carbons (Fsp3) is 0.222. The molecule has 2 rings (SSSR count). The van der Waals surface area contributed by atoms with Gasteiger partial charge in [-0.3, -0.25) is 0 Å². The maximum atomic E-state index is 9.27. The summed E-state index contributed by atoms with van der Waals surface area (Å²) in [5.74, 6) is 0.818. The Kier molecular flexibility index (Phi) is 1.84. The van der Waals surface area contributed by atoms with E-state index in [9.17, 15) is 5.11 Å². The Labute approximate surface area is 80.1 Å². The zero-order valence-corrected chi connectivity index (χ0v) is 8.27. The molecule has 0 unspecified atom stereocenters. The molecule has 2 heterocycles. The predicted molar refractivity (Wildman–Crippen MR) is 53.0 cm³/mol. The smallest absolute Gasteiger partial charge is 0.232 e. The maximum absolute atomic E-state index is 9.27. The quantitative estimate of drug-likeness (QED) is 0.732. The SMILES string of the molecule is Cc1cc(-c2nc(O)c(C)[nH]2)cs1. The normalized spacial score (nSPS) is 10.6.